The molecular formula is C22H17F2N7O4S. The summed E-state index contributed by atoms with van der Waals surface area (Å²) in [6.07, 6.45) is 6.77. The number of aromatic nitrogens is 5. The van der Waals surface area contributed by atoms with Gasteiger partial charge in [-0.1, -0.05) is 0 Å². The van der Waals surface area contributed by atoms with E-state index in [0.717, 1.165) is 6.07 Å². The number of nitrogens with one attached hydrogen (secondary N) is 1. The molecule has 0 saturated heterocycles. The molecule has 1 saturated carbocycles. The first-order chi connectivity index (χ1) is 17.3. The lowest BCUT2D eigenvalue weighted by Gasteiger charge is -2.13. The van der Waals surface area contributed by atoms with Crippen molar-refractivity contribution in [1.29, 1.82) is 5.26 Å². The van der Waals surface area contributed by atoms with Crippen molar-refractivity contribution >= 4 is 27.1 Å². The van der Waals surface area contributed by atoms with E-state index in [1.165, 1.54) is 39.9 Å². The fourth-order valence-electron chi connectivity index (χ4n) is 3.68. The number of hydrogen-bond donors (Lipinski definition) is 1. The molecular weight excluding hydrogens is 496 g/mol. The number of halogens is 2. The van der Waals surface area contributed by atoms with Crippen molar-refractivity contribution in [3.8, 4) is 23.1 Å². The highest BCUT2D eigenvalue weighted by atomic mass is 32.2. The Bertz CT molecular complexity index is 1620. The number of benzene rings is 1. The predicted molar refractivity (Wildman–Crippen MR) is 121 cm³/mol. The zero-order valence-corrected chi connectivity index (χ0v) is 19.2. The molecule has 3 heterocycles. The minimum absolute atomic E-state index is 0.0469. The van der Waals surface area contributed by atoms with Crippen LogP contribution < -0.4 is 10.1 Å². The molecule has 0 aliphatic heterocycles. The summed E-state index contributed by atoms with van der Waals surface area (Å²) in [7, 11) is -3.68. The molecule has 11 nitrogen and oxygen atoms in total. The maximum Gasteiger partial charge on any atom is 0.387 e. The number of carbonyl (C=O) groups excluding carboxylic acids is 1. The standard InChI is InChI=1S/C22H17F2N7O4S/c23-22(24)35-18-5-4-14(36(33,34)13-2-3-13)10-15(18)19-17(12-30(29-19)9-6-25)28-21(32)16-11-27-31-8-1-7-26-20(16)31/h1,4-5,7-8,10-13,22H,2-3,9H2,(H,28,32). The Morgan fingerprint density at radius 3 is 2.86 bits per heavy atom. The van der Waals surface area contributed by atoms with Crippen molar-refractivity contribution in [3.63, 3.8) is 0 Å². The van der Waals surface area contributed by atoms with E-state index in [9.17, 15) is 22.0 Å². The molecule has 1 N–H and O–H groups in total. The Morgan fingerprint density at radius 1 is 1.33 bits per heavy atom. The van der Waals surface area contributed by atoms with Crippen molar-refractivity contribution in [3.05, 3.63) is 54.6 Å². The first-order valence-corrected chi connectivity index (χ1v) is 12.2. The van der Waals surface area contributed by atoms with Gasteiger partial charge in [-0.3, -0.25) is 9.48 Å². The third-order valence-corrected chi connectivity index (χ3v) is 7.74. The van der Waals surface area contributed by atoms with Gasteiger partial charge in [0.2, 0.25) is 0 Å². The molecule has 0 spiro atoms. The third-order valence-electron chi connectivity index (χ3n) is 5.48. The molecule has 1 fully saturated rings. The Labute approximate surface area is 202 Å². The fourth-order valence-corrected chi connectivity index (χ4v) is 5.36. The van der Waals surface area contributed by atoms with Crippen LogP contribution in [0.15, 0.2) is 53.9 Å². The van der Waals surface area contributed by atoms with Crippen molar-refractivity contribution in [2.75, 3.05) is 5.32 Å². The van der Waals surface area contributed by atoms with Gasteiger partial charge >= 0.3 is 6.61 Å². The van der Waals surface area contributed by atoms with Crippen molar-refractivity contribution < 1.29 is 26.7 Å². The number of fused-ring (bicyclic) bond motifs is 1. The number of ether oxygens (including phenoxy) is 1. The Morgan fingerprint density at radius 2 is 2.14 bits per heavy atom. The minimum atomic E-state index is -3.68. The average molecular weight is 513 g/mol. The van der Waals surface area contributed by atoms with Gasteiger partial charge in [-0.25, -0.2) is 17.9 Å². The molecule has 1 aliphatic carbocycles. The van der Waals surface area contributed by atoms with Gasteiger partial charge in [-0.15, -0.1) is 0 Å². The topological polar surface area (TPSA) is 144 Å². The van der Waals surface area contributed by atoms with E-state index in [4.69, 9.17) is 5.26 Å². The molecule has 5 rings (SSSR count). The number of nitrogens with zero attached hydrogens (tertiary/aromatic N) is 6. The average Bonchev–Trinajstić information content (AvgIpc) is 3.51. The van der Waals surface area contributed by atoms with Gasteiger partial charge in [0.05, 0.1) is 34.3 Å². The van der Waals surface area contributed by atoms with Crippen molar-refractivity contribution in [2.45, 2.75) is 36.1 Å². The van der Waals surface area contributed by atoms with Crippen LogP contribution in [0.4, 0.5) is 14.5 Å². The van der Waals surface area contributed by atoms with E-state index in [1.807, 2.05) is 6.07 Å². The summed E-state index contributed by atoms with van der Waals surface area (Å²) in [4.78, 5) is 17.1. The smallest absolute Gasteiger partial charge is 0.387 e. The van der Waals surface area contributed by atoms with E-state index < -0.39 is 27.6 Å². The zero-order chi connectivity index (χ0) is 25.4. The van der Waals surface area contributed by atoms with Crippen LogP contribution in [-0.4, -0.2) is 50.6 Å². The van der Waals surface area contributed by atoms with Crippen LogP contribution in [0.5, 0.6) is 5.75 Å². The Balaban J connectivity index is 1.60. The van der Waals surface area contributed by atoms with E-state index in [1.54, 1.807) is 12.3 Å². The quantitative estimate of drug-likeness (QED) is 0.379. The number of rotatable bonds is 8. The molecule has 3 aromatic heterocycles. The lowest BCUT2D eigenvalue weighted by Crippen LogP contribution is -2.13. The molecule has 0 bridgehead atoms. The second kappa shape index (κ2) is 9.00. The molecule has 0 unspecified atom stereocenters. The van der Waals surface area contributed by atoms with Crippen molar-refractivity contribution in [2.24, 2.45) is 0 Å². The summed E-state index contributed by atoms with van der Waals surface area (Å²) in [5.41, 5.74) is 0.322. The highest BCUT2D eigenvalue weighted by molar-refractivity contribution is 7.92. The second-order valence-corrected chi connectivity index (χ2v) is 10.2. The first kappa shape index (κ1) is 23.4. The number of hydrogen-bond acceptors (Lipinski definition) is 8. The molecule has 184 valence electrons. The third kappa shape index (κ3) is 4.36. The number of sulfone groups is 1. The van der Waals surface area contributed by atoms with Gasteiger partial charge in [-0.2, -0.15) is 24.2 Å². The molecule has 1 aromatic carbocycles. The SMILES string of the molecule is N#CCn1cc(NC(=O)c2cnn3cccnc23)c(-c2cc(S(=O)(=O)C3CC3)ccc2OC(F)F)n1. The Hall–Kier alpha value is -4.38. The van der Waals surface area contributed by atoms with Gasteiger partial charge in [0, 0.05) is 18.0 Å². The summed E-state index contributed by atoms with van der Waals surface area (Å²) in [6.45, 7) is -3.41. The lowest BCUT2D eigenvalue weighted by molar-refractivity contribution is -0.0494. The highest BCUT2D eigenvalue weighted by Crippen LogP contribution is 2.40. The number of nitriles is 1. The monoisotopic (exact) mass is 513 g/mol. The Kier molecular flexibility index (Phi) is 5.84. The molecule has 1 aliphatic rings. The molecule has 1 amide bonds. The predicted octanol–water partition coefficient (Wildman–Crippen LogP) is 2.91. The number of alkyl halides is 2. The van der Waals surface area contributed by atoms with Crippen LogP contribution in [0.3, 0.4) is 0 Å². The molecule has 4 aromatic rings. The summed E-state index contributed by atoms with van der Waals surface area (Å²) < 4.78 is 59.2. The number of anilines is 1. The normalized spacial score (nSPS) is 13.6. The van der Waals surface area contributed by atoms with Crippen LogP contribution in [0.25, 0.3) is 16.9 Å². The summed E-state index contributed by atoms with van der Waals surface area (Å²) in [5, 5.41) is 19.5. The largest absolute Gasteiger partial charge is 0.434 e. The summed E-state index contributed by atoms with van der Waals surface area (Å²) >= 11 is 0. The minimum Gasteiger partial charge on any atom is -0.434 e. The second-order valence-electron chi connectivity index (χ2n) is 7.93. The van der Waals surface area contributed by atoms with Gasteiger partial charge in [-0.05, 0) is 37.1 Å². The van der Waals surface area contributed by atoms with Gasteiger partial charge < -0.3 is 10.1 Å². The van der Waals surface area contributed by atoms with E-state index >= 15 is 0 Å². The molecule has 36 heavy (non-hydrogen) atoms. The zero-order valence-electron chi connectivity index (χ0n) is 18.4. The van der Waals surface area contributed by atoms with Crippen LogP contribution >= 0.6 is 0 Å². The van der Waals surface area contributed by atoms with E-state index in [2.05, 4.69) is 25.2 Å². The van der Waals surface area contributed by atoms with Crippen molar-refractivity contribution in [1.82, 2.24) is 24.4 Å². The van der Waals surface area contributed by atoms with E-state index in [-0.39, 0.29) is 45.3 Å². The van der Waals surface area contributed by atoms with Crippen LogP contribution in [0.2, 0.25) is 0 Å². The molecule has 14 heteroatoms. The number of amides is 1. The fraction of sp³-hybridized carbons (Fsp3) is 0.227. The molecule has 0 atom stereocenters. The summed E-state index contributed by atoms with van der Waals surface area (Å²) in [5.74, 6) is -0.963. The summed E-state index contributed by atoms with van der Waals surface area (Å²) in [6, 6.07) is 7.06. The van der Waals surface area contributed by atoms with Gasteiger partial charge in [0.25, 0.3) is 5.91 Å². The maximum absolute atomic E-state index is 13.2. The maximum atomic E-state index is 13.2. The highest BCUT2D eigenvalue weighted by Gasteiger charge is 2.37. The lowest BCUT2D eigenvalue weighted by atomic mass is 10.1. The van der Waals surface area contributed by atoms with Crippen LogP contribution in [0, 0.1) is 11.3 Å². The van der Waals surface area contributed by atoms with E-state index in [0.29, 0.717) is 12.8 Å². The van der Waals surface area contributed by atoms with Crippen LogP contribution in [-0.2, 0) is 16.4 Å². The first-order valence-electron chi connectivity index (χ1n) is 10.6. The van der Waals surface area contributed by atoms with Gasteiger partial charge in [0.1, 0.15) is 23.6 Å². The van der Waals surface area contributed by atoms with Gasteiger partial charge in [0.15, 0.2) is 15.5 Å². The number of carbonyl (C=O) groups is 1. The van der Waals surface area contributed by atoms with Crippen LogP contribution in [0.1, 0.15) is 23.2 Å². The molecule has 0 radical (unpaired) electrons.